The molecule has 0 fully saturated rings. The summed E-state index contributed by atoms with van der Waals surface area (Å²) in [4.78, 5) is 22.8. The minimum atomic E-state index is -0.275. The highest BCUT2D eigenvalue weighted by molar-refractivity contribution is 5.94. The van der Waals surface area contributed by atoms with Gasteiger partial charge < -0.3 is 20.1 Å². The summed E-state index contributed by atoms with van der Waals surface area (Å²) in [6, 6.07) is 5.14. The van der Waals surface area contributed by atoms with Crippen LogP contribution in [0.2, 0.25) is 0 Å². The quantitative estimate of drug-likeness (QED) is 0.839. The maximum Gasteiger partial charge on any atom is 0.243 e. The standard InChI is InChI=1S/C13H16N2O4/c1-2-3-12(16)14-7-13(17)15-9-4-5-10-11(6-9)19-8-18-10/h4-6H,2-3,7-8H2,1H3,(H,14,16)(H,15,17). The second kappa shape index (κ2) is 6.08. The van der Waals surface area contributed by atoms with Gasteiger partial charge in [0.2, 0.25) is 18.6 Å². The molecular formula is C13H16N2O4. The molecule has 1 aliphatic rings. The van der Waals surface area contributed by atoms with E-state index in [1.165, 1.54) is 0 Å². The molecule has 19 heavy (non-hydrogen) atoms. The van der Waals surface area contributed by atoms with Gasteiger partial charge in [0.15, 0.2) is 11.5 Å². The van der Waals surface area contributed by atoms with Gasteiger partial charge in [0.25, 0.3) is 0 Å². The number of hydrogen-bond acceptors (Lipinski definition) is 4. The molecule has 0 saturated carbocycles. The summed E-state index contributed by atoms with van der Waals surface area (Å²) in [6.45, 7) is 2.07. The molecule has 0 spiro atoms. The highest BCUT2D eigenvalue weighted by Crippen LogP contribution is 2.34. The largest absolute Gasteiger partial charge is 0.454 e. The monoisotopic (exact) mass is 264 g/mol. The molecule has 0 bridgehead atoms. The third-order valence-corrected chi connectivity index (χ3v) is 2.58. The van der Waals surface area contributed by atoms with Gasteiger partial charge in [-0.05, 0) is 18.6 Å². The van der Waals surface area contributed by atoms with Crippen LogP contribution in [0, 0.1) is 0 Å². The molecule has 2 rings (SSSR count). The van der Waals surface area contributed by atoms with Gasteiger partial charge in [0.05, 0.1) is 6.54 Å². The fraction of sp³-hybridized carbons (Fsp3) is 0.385. The smallest absolute Gasteiger partial charge is 0.243 e. The zero-order valence-electron chi connectivity index (χ0n) is 10.7. The van der Waals surface area contributed by atoms with E-state index in [4.69, 9.17) is 9.47 Å². The molecule has 1 aromatic rings. The average molecular weight is 264 g/mol. The molecule has 1 aliphatic heterocycles. The van der Waals surface area contributed by atoms with Crippen molar-refractivity contribution in [2.45, 2.75) is 19.8 Å². The van der Waals surface area contributed by atoms with E-state index in [0.29, 0.717) is 23.6 Å². The summed E-state index contributed by atoms with van der Waals surface area (Å²) < 4.78 is 10.4. The first-order chi connectivity index (χ1) is 9.19. The van der Waals surface area contributed by atoms with Crippen molar-refractivity contribution in [3.63, 3.8) is 0 Å². The number of anilines is 1. The van der Waals surface area contributed by atoms with E-state index in [1.54, 1.807) is 18.2 Å². The lowest BCUT2D eigenvalue weighted by atomic mass is 10.2. The molecule has 0 radical (unpaired) electrons. The van der Waals surface area contributed by atoms with E-state index in [0.717, 1.165) is 6.42 Å². The predicted octanol–water partition coefficient (Wildman–Crippen LogP) is 1.27. The molecule has 0 aliphatic carbocycles. The molecule has 0 aromatic heterocycles. The maximum absolute atomic E-state index is 11.6. The van der Waals surface area contributed by atoms with Gasteiger partial charge in [0, 0.05) is 18.2 Å². The Balaban J connectivity index is 1.84. The van der Waals surface area contributed by atoms with Crippen LogP contribution in [0.5, 0.6) is 11.5 Å². The predicted molar refractivity (Wildman–Crippen MR) is 69.1 cm³/mol. The SMILES string of the molecule is CCCC(=O)NCC(=O)Nc1ccc2c(c1)OCO2. The summed E-state index contributed by atoms with van der Waals surface area (Å²) in [5.41, 5.74) is 0.610. The van der Waals surface area contributed by atoms with Crippen molar-refractivity contribution in [2.24, 2.45) is 0 Å². The molecule has 6 heteroatoms. The van der Waals surface area contributed by atoms with Crippen molar-refractivity contribution in [1.29, 1.82) is 0 Å². The van der Waals surface area contributed by atoms with Gasteiger partial charge in [-0.2, -0.15) is 0 Å². The number of fused-ring (bicyclic) bond motifs is 1. The molecule has 0 atom stereocenters. The first-order valence-corrected chi connectivity index (χ1v) is 6.15. The number of hydrogen-bond donors (Lipinski definition) is 2. The Kier molecular flexibility index (Phi) is 4.22. The van der Waals surface area contributed by atoms with Crippen LogP contribution in [-0.2, 0) is 9.59 Å². The Morgan fingerprint density at radius 3 is 2.79 bits per heavy atom. The van der Waals surface area contributed by atoms with E-state index in [1.807, 2.05) is 6.92 Å². The number of nitrogens with one attached hydrogen (secondary N) is 2. The van der Waals surface area contributed by atoms with Gasteiger partial charge in [-0.1, -0.05) is 6.92 Å². The molecule has 1 aromatic carbocycles. The van der Waals surface area contributed by atoms with Gasteiger partial charge in [-0.25, -0.2) is 0 Å². The van der Waals surface area contributed by atoms with E-state index in [2.05, 4.69) is 10.6 Å². The second-order valence-corrected chi connectivity index (χ2v) is 4.14. The van der Waals surface area contributed by atoms with E-state index in [9.17, 15) is 9.59 Å². The lowest BCUT2D eigenvalue weighted by Crippen LogP contribution is -2.32. The van der Waals surface area contributed by atoms with E-state index < -0.39 is 0 Å². The van der Waals surface area contributed by atoms with Crippen molar-refractivity contribution >= 4 is 17.5 Å². The highest BCUT2D eigenvalue weighted by atomic mass is 16.7. The van der Waals surface area contributed by atoms with E-state index in [-0.39, 0.29) is 25.2 Å². The Hall–Kier alpha value is -2.24. The lowest BCUT2D eigenvalue weighted by Gasteiger charge is -2.07. The molecule has 2 N–H and O–H groups in total. The number of carbonyl (C=O) groups excluding carboxylic acids is 2. The van der Waals surface area contributed by atoms with Crippen LogP contribution >= 0.6 is 0 Å². The number of amides is 2. The molecule has 1 heterocycles. The van der Waals surface area contributed by atoms with Gasteiger partial charge in [-0.15, -0.1) is 0 Å². The van der Waals surface area contributed by atoms with Crippen molar-refractivity contribution in [1.82, 2.24) is 5.32 Å². The molecule has 0 unspecified atom stereocenters. The van der Waals surface area contributed by atoms with Crippen molar-refractivity contribution < 1.29 is 19.1 Å². The molecule has 2 amide bonds. The van der Waals surface area contributed by atoms with Crippen LogP contribution < -0.4 is 20.1 Å². The number of ether oxygens (including phenoxy) is 2. The fourth-order valence-corrected chi connectivity index (χ4v) is 1.67. The molecule has 6 nitrogen and oxygen atoms in total. The normalized spacial score (nSPS) is 12.1. The minimum Gasteiger partial charge on any atom is -0.454 e. The van der Waals surface area contributed by atoms with Gasteiger partial charge >= 0.3 is 0 Å². The van der Waals surface area contributed by atoms with Gasteiger partial charge in [-0.3, -0.25) is 9.59 Å². The Labute approximate surface area is 111 Å². The molecule has 0 saturated heterocycles. The Bertz CT molecular complexity index is 488. The fourth-order valence-electron chi connectivity index (χ4n) is 1.67. The highest BCUT2D eigenvalue weighted by Gasteiger charge is 2.14. The number of carbonyl (C=O) groups is 2. The van der Waals surface area contributed by atoms with Crippen molar-refractivity contribution in [3.05, 3.63) is 18.2 Å². The average Bonchev–Trinajstić information content (AvgIpc) is 2.84. The maximum atomic E-state index is 11.6. The summed E-state index contributed by atoms with van der Waals surface area (Å²) in [5.74, 6) is 0.869. The van der Waals surface area contributed by atoms with Gasteiger partial charge in [0.1, 0.15) is 0 Å². The number of rotatable bonds is 5. The Morgan fingerprint density at radius 2 is 2.00 bits per heavy atom. The van der Waals surface area contributed by atoms with Crippen LogP contribution in [0.3, 0.4) is 0 Å². The minimum absolute atomic E-state index is 0.0344. The van der Waals surface area contributed by atoms with Crippen LogP contribution in [0.15, 0.2) is 18.2 Å². The lowest BCUT2D eigenvalue weighted by molar-refractivity contribution is -0.124. The summed E-state index contributed by atoms with van der Waals surface area (Å²) in [6.07, 6.45) is 1.19. The first-order valence-electron chi connectivity index (χ1n) is 6.15. The second-order valence-electron chi connectivity index (χ2n) is 4.14. The summed E-state index contributed by atoms with van der Waals surface area (Å²) in [7, 11) is 0. The van der Waals surface area contributed by atoms with Crippen LogP contribution in [0.4, 0.5) is 5.69 Å². The summed E-state index contributed by atoms with van der Waals surface area (Å²) >= 11 is 0. The zero-order chi connectivity index (χ0) is 13.7. The topological polar surface area (TPSA) is 76.7 Å². The van der Waals surface area contributed by atoms with Crippen LogP contribution in [-0.4, -0.2) is 25.2 Å². The molecule has 102 valence electrons. The zero-order valence-corrected chi connectivity index (χ0v) is 10.7. The first kappa shape index (κ1) is 13.2. The number of benzene rings is 1. The third kappa shape index (κ3) is 3.61. The third-order valence-electron chi connectivity index (χ3n) is 2.58. The van der Waals surface area contributed by atoms with Crippen molar-refractivity contribution in [3.8, 4) is 11.5 Å². The van der Waals surface area contributed by atoms with Crippen LogP contribution in [0.25, 0.3) is 0 Å². The van der Waals surface area contributed by atoms with E-state index >= 15 is 0 Å². The van der Waals surface area contributed by atoms with Crippen LogP contribution in [0.1, 0.15) is 19.8 Å². The molecular weight excluding hydrogens is 248 g/mol. The summed E-state index contributed by atoms with van der Waals surface area (Å²) in [5, 5.41) is 5.23. The van der Waals surface area contributed by atoms with Crippen molar-refractivity contribution in [2.75, 3.05) is 18.7 Å². The Morgan fingerprint density at radius 1 is 1.21 bits per heavy atom.